The number of methoxy groups -OCH3 is 2. The van der Waals surface area contributed by atoms with E-state index in [0.717, 1.165) is 98.2 Å². The van der Waals surface area contributed by atoms with Gasteiger partial charge in [-0.25, -0.2) is 0 Å². The molecule has 3 aliphatic heterocycles. The number of hydrogen-bond donors (Lipinski definition) is 4. The molecule has 88 heavy (non-hydrogen) atoms. The molecule has 3 saturated heterocycles. The summed E-state index contributed by atoms with van der Waals surface area (Å²) < 4.78 is 69.5. The van der Waals surface area contributed by atoms with Gasteiger partial charge in [0.1, 0.15) is 33.7 Å². The number of Topliss-reactive ketones (excluding diaryl/α,β-unsaturated/α-hetero) is 2. The van der Waals surface area contributed by atoms with E-state index in [1.54, 1.807) is 12.1 Å². The molecule has 0 saturated carbocycles. The van der Waals surface area contributed by atoms with Crippen molar-refractivity contribution in [1.82, 2.24) is 61.2 Å². The van der Waals surface area contributed by atoms with Gasteiger partial charge >= 0.3 is 13.2 Å². The maximum absolute atomic E-state index is 12.8. The average Bonchev–Trinajstić information content (AvgIpc) is 3.78. The number of nitrogens with two attached hydrogens (primary N) is 1. The fourth-order valence-electron chi connectivity index (χ4n) is 9.62. The number of carbonyl (C=O) groups is 2. The van der Waals surface area contributed by atoms with Crippen molar-refractivity contribution in [2.24, 2.45) is 0 Å². The summed E-state index contributed by atoms with van der Waals surface area (Å²) in [6.07, 6.45) is 1.01. The lowest BCUT2D eigenvalue weighted by Crippen LogP contribution is -2.26. The molecule has 9 heterocycles. The molecule has 0 amide bonds. The summed E-state index contributed by atoms with van der Waals surface area (Å²) >= 11 is 3.97. The average molecular weight is 1270 g/mol. The van der Waals surface area contributed by atoms with Gasteiger partial charge in [-0.1, -0.05) is 65.7 Å². The van der Waals surface area contributed by atoms with Gasteiger partial charge in [0.15, 0.2) is 29.0 Å². The van der Waals surface area contributed by atoms with E-state index >= 15 is 0 Å². The number of ether oxygens (including phenoxy) is 4. The standard InChI is InChI=1S/2C22H24F2N6O3S.C11H15N7S.CH4/c2*1-13-6-7-18(27-26-13)30-9-8-15(12-30)25-22-29-28-19(34-22)11-17(31)20(32-2)14-4-3-5-16(10-14)33-21(23)24;1-7-2-3-9(15-14-7)18-5-4-8(6-18)13-11-17-16-10(12)19-11;/h2*3-7,10,15,20-21H,8-9,11-12H2,1-2H3,(H,25,29);2-3,8H,4-6H2,1H3,(H2,12,16)(H,13,17);1H4/t15-,20+;15-,20-;8-;/m111./s1. The maximum atomic E-state index is 12.8. The minimum absolute atomic E-state index is 0. The number of alkyl halides is 4. The summed E-state index contributed by atoms with van der Waals surface area (Å²) in [5.41, 5.74) is 9.10. The predicted octanol–water partition coefficient (Wildman–Crippen LogP) is 8.40. The number of nitrogens with zero attached hydrogens (tertiary/aromatic N) is 15. The number of aromatic nitrogens is 12. The number of hydrogen-bond acceptors (Lipinski definition) is 28. The molecule has 3 aliphatic rings. The van der Waals surface area contributed by atoms with Gasteiger partial charge in [0.25, 0.3) is 0 Å². The highest BCUT2D eigenvalue weighted by Gasteiger charge is 2.29. The number of aryl methyl sites for hydroxylation is 3. The van der Waals surface area contributed by atoms with Crippen LogP contribution in [0.4, 0.5) is 55.5 Å². The zero-order chi connectivity index (χ0) is 61.4. The Bertz CT molecular complexity index is 3310. The molecule has 0 spiro atoms. The van der Waals surface area contributed by atoms with Crippen LogP contribution in [0.2, 0.25) is 0 Å². The van der Waals surface area contributed by atoms with Crippen LogP contribution in [0.25, 0.3) is 0 Å². The molecule has 3 fully saturated rings. The summed E-state index contributed by atoms with van der Waals surface area (Å²) in [6, 6.07) is 24.3. The first-order chi connectivity index (χ1) is 42.0. The van der Waals surface area contributed by atoms with Crippen LogP contribution in [0.5, 0.6) is 11.5 Å². The highest BCUT2D eigenvalue weighted by atomic mass is 32.1. The Labute approximate surface area is 516 Å². The van der Waals surface area contributed by atoms with Crippen LogP contribution >= 0.6 is 34.0 Å². The first-order valence-corrected chi connectivity index (χ1v) is 29.9. The van der Waals surface area contributed by atoms with Crippen LogP contribution in [0.15, 0.2) is 84.9 Å². The smallest absolute Gasteiger partial charge is 0.387 e. The minimum atomic E-state index is -2.95. The molecule has 25 nitrogen and oxygen atoms in total. The molecule has 32 heteroatoms. The second kappa shape index (κ2) is 31.4. The van der Waals surface area contributed by atoms with Crippen LogP contribution in [-0.2, 0) is 31.9 Å². The van der Waals surface area contributed by atoms with Crippen molar-refractivity contribution in [3.05, 3.63) is 123 Å². The Morgan fingerprint density at radius 2 is 0.886 bits per heavy atom. The fraction of sp³-hybridized carbons (Fsp3) is 0.429. The number of halogens is 4. The van der Waals surface area contributed by atoms with E-state index in [1.165, 1.54) is 84.6 Å². The third kappa shape index (κ3) is 18.8. The van der Waals surface area contributed by atoms with E-state index in [1.807, 2.05) is 57.2 Å². The summed E-state index contributed by atoms with van der Waals surface area (Å²) in [4.78, 5) is 32.2. The molecule has 468 valence electrons. The van der Waals surface area contributed by atoms with Crippen molar-refractivity contribution < 1.29 is 46.1 Å². The Kier molecular flexibility index (Phi) is 23.4. The van der Waals surface area contributed by atoms with Gasteiger partial charge < -0.3 is 55.3 Å². The van der Waals surface area contributed by atoms with Crippen molar-refractivity contribution >= 4 is 83.6 Å². The zero-order valence-electron chi connectivity index (χ0n) is 47.9. The Balaban J connectivity index is 0.000000177. The number of carbonyl (C=O) groups excluding carboxylic acids is 2. The summed E-state index contributed by atoms with van der Waals surface area (Å²) in [7, 11) is 2.78. The lowest BCUT2D eigenvalue weighted by molar-refractivity contribution is -0.129. The zero-order valence-corrected chi connectivity index (χ0v) is 50.3. The first kappa shape index (κ1) is 65.5. The molecule has 0 bridgehead atoms. The third-order valence-electron chi connectivity index (χ3n) is 13.7. The molecule has 0 aliphatic carbocycles. The number of anilines is 7. The SMILES string of the molecule is C.CO[C@@H](C(=O)Cc1nnc(N[C@@H]2CCN(c3ccc(C)nn3)C2)s1)c1cccc(OC(F)F)c1.CO[C@H](C(=O)Cc1nnc(N[C@@H]2CCN(c3ccc(C)nn3)C2)s1)c1cccc(OC(F)F)c1.Cc1ccc(N2CC[C@@H](Nc3nnc(N)s3)C2)nn1. The van der Waals surface area contributed by atoms with E-state index < -0.39 is 25.4 Å². The van der Waals surface area contributed by atoms with E-state index in [0.29, 0.717) is 42.6 Å². The molecule has 2 aromatic carbocycles. The van der Waals surface area contributed by atoms with Crippen molar-refractivity contribution in [1.29, 1.82) is 0 Å². The molecule has 8 aromatic rings. The van der Waals surface area contributed by atoms with Crippen molar-refractivity contribution in [2.45, 2.75) is 104 Å². The van der Waals surface area contributed by atoms with Gasteiger partial charge in [-0.2, -0.15) is 32.9 Å². The van der Waals surface area contributed by atoms with Crippen LogP contribution in [0, 0.1) is 20.8 Å². The molecule has 0 radical (unpaired) electrons. The molecule has 11 rings (SSSR count). The van der Waals surface area contributed by atoms with Gasteiger partial charge in [0.2, 0.25) is 20.5 Å². The summed E-state index contributed by atoms with van der Waals surface area (Å²) in [5.74, 6) is 2.01. The molecule has 5 N–H and O–H groups in total. The summed E-state index contributed by atoms with van der Waals surface area (Å²) in [6.45, 7) is 4.90. The number of rotatable bonds is 23. The first-order valence-electron chi connectivity index (χ1n) is 27.4. The molecular weight excluding hydrogens is 1210 g/mol. The van der Waals surface area contributed by atoms with Crippen molar-refractivity contribution in [3.63, 3.8) is 0 Å². The lowest BCUT2D eigenvalue weighted by Gasteiger charge is -2.17. The number of nitrogens with one attached hydrogen (secondary N) is 3. The molecular formula is C56H67F4N19O6S3. The van der Waals surface area contributed by atoms with Gasteiger partial charge in [0.05, 0.1) is 29.9 Å². The molecule has 0 unspecified atom stereocenters. The van der Waals surface area contributed by atoms with Crippen LogP contribution in [0.1, 0.15) is 77.1 Å². The molecule has 6 aromatic heterocycles. The van der Waals surface area contributed by atoms with Crippen LogP contribution < -0.4 is 45.9 Å². The van der Waals surface area contributed by atoms with Gasteiger partial charge in [-0.15, -0.1) is 45.9 Å². The Morgan fingerprint density at radius 3 is 1.20 bits per heavy atom. The van der Waals surface area contributed by atoms with Gasteiger partial charge in [-0.3, -0.25) is 9.59 Å². The highest BCUT2D eigenvalue weighted by Crippen LogP contribution is 2.31. The highest BCUT2D eigenvalue weighted by molar-refractivity contribution is 7.18. The van der Waals surface area contributed by atoms with Gasteiger partial charge in [0, 0.05) is 71.6 Å². The topological polar surface area (TPSA) is 298 Å². The largest absolute Gasteiger partial charge is 0.435 e. The number of ketones is 2. The minimum Gasteiger partial charge on any atom is -0.435 e. The van der Waals surface area contributed by atoms with Crippen LogP contribution in [0.3, 0.4) is 0 Å². The second-order valence-electron chi connectivity index (χ2n) is 20.2. The maximum Gasteiger partial charge on any atom is 0.387 e. The van der Waals surface area contributed by atoms with Crippen LogP contribution in [-0.4, -0.2) is 158 Å². The van der Waals surface area contributed by atoms with E-state index in [2.05, 4.69) is 101 Å². The normalized spacial score (nSPS) is 16.9. The number of nitrogen functional groups attached to an aromatic ring is 1. The Hall–Kier alpha value is -8.46. The fourth-order valence-corrected chi connectivity index (χ4v) is 11.9. The molecule has 5 atom stereocenters. The van der Waals surface area contributed by atoms with E-state index in [9.17, 15) is 27.2 Å². The predicted molar refractivity (Wildman–Crippen MR) is 327 cm³/mol. The van der Waals surface area contributed by atoms with Crippen molar-refractivity contribution in [2.75, 3.05) is 89.9 Å². The van der Waals surface area contributed by atoms with E-state index in [-0.39, 0.29) is 55.4 Å². The quantitative estimate of drug-likeness (QED) is 0.0437. The second-order valence-corrected chi connectivity index (χ2v) is 23.3. The summed E-state index contributed by atoms with van der Waals surface area (Å²) in [5, 5.41) is 63.0. The third-order valence-corrected chi connectivity index (χ3v) is 16.1. The lowest BCUT2D eigenvalue weighted by atomic mass is 10.0. The van der Waals surface area contributed by atoms with Gasteiger partial charge in [-0.05, 0) is 112 Å². The van der Waals surface area contributed by atoms with Crippen molar-refractivity contribution in [3.8, 4) is 11.5 Å². The monoisotopic (exact) mass is 1270 g/mol. The number of benzene rings is 2. The Morgan fingerprint density at radius 1 is 0.523 bits per heavy atom. The van der Waals surface area contributed by atoms with E-state index in [4.69, 9.17) is 15.2 Å².